The molecule has 0 radical (unpaired) electrons. The Kier molecular flexibility index (Phi) is 7.54. The summed E-state index contributed by atoms with van der Waals surface area (Å²) in [5.41, 5.74) is 12.6. The minimum atomic E-state index is 0.458. The highest BCUT2D eigenvalue weighted by atomic mass is 16.3. The Morgan fingerprint density at radius 1 is 0.472 bits per heavy atom. The summed E-state index contributed by atoms with van der Waals surface area (Å²) in [6.07, 6.45) is 5.84. The maximum atomic E-state index is 6.23. The standard InChI is InChI=1S/C51H37NO/c1-34-15-29-48(46(31-34)38-10-3-2-4-11-38)52(43-25-20-36(21-26-43)41-18-16-35-9-5-6-12-40(35)32-41)44-27-22-37(23-28-44)42-19-17-39-24-30-50-51(47(39)33-42)45-13-7-8-14-49(45)53-50/h2-14,16-34H,15H2,1H3. The topological polar surface area (TPSA) is 16.4 Å². The van der Waals surface area contributed by atoms with Crippen LogP contribution < -0.4 is 4.90 Å². The van der Waals surface area contributed by atoms with Gasteiger partial charge in [0.1, 0.15) is 11.2 Å². The Balaban J connectivity index is 1.06. The molecule has 9 aromatic rings. The van der Waals surface area contributed by atoms with E-state index in [1.54, 1.807) is 0 Å². The summed E-state index contributed by atoms with van der Waals surface area (Å²) < 4.78 is 6.23. The molecule has 0 fully saturated rings. The molecular weight excluding hydrogens is 643 g/mol. The van der Waals surface area contributed by atoms with Gasteiger partial charge in [-0.2, -0.15) is 0 Å². The summed E-state index contributed by atoms with van der Waals surface area (Å²) in [4.78, 5) is 2.43. The van der Waals surface area contributed by atoms with Crippen LogP contribution in [0.4, 0.5) is 11.4 Å². The first-order valence-electron chi connectivity index (χ1n) is 18.5. The predicted molar refractivity (Wildman–Crippen MR) is 224 cm³/mol. The molecule has 252 valence electrons. The van der Waals surface area contributed by atoms with E-state index < -0.39 is 0 Å². The molecule has 0 amide bonds. The lowest BCUT2D eigenvalue weighted by atomic mass is 9.89. The highest BCUT2D eigenvalue weighted by Gasteiger charge is 2.23. The van der Waals surface area contributed by atoms with Crippen LogP contribution in [0.2, 0.25) is 0 Å². The fourth-order valence-electron chi connectivity index (χ4n) is 8.04. The molecule has 8 aromatic carbocycles. The fourth-order valence-corrected chi connectivity index (χ4v) is 8.04. The van der Waals surface area contributed by atoms with Crippen LogP contribution in [0.1, 0.15) is 18.9 Å². The average molecular weight is 680 g/mol. The van der Waals surface area contributed by atoms with Gasteiger partial charge in [0.15, 0.2) is 0 Å². The minimum Gasteiger partial charge on any atom is -0.456 e. The molecule has 0 saturated heterocycles. The molecule has 2 nitrogen and oxygen atoms in total. The van der Waals surface area contributed by atoms with Crippen molar-refractivity contribution in [2.75, 3.05) is 4.90 Å². The maximum absolute atomic E-state index is 6.23. The second-order valence-electron chi connectivity index (χ2n) is 14.2. The molecule has 0 bridgehead atoms. The van der Waals surface area contributed by atoms with Gasteiger partial charge >= 0.3 is 0 Å². The largest absolute Gasteiger partial charge is 0.456 e. The van der Waals surface area contributed by atoms with Crippen molar-refractivity contribution in [3.8, 4) is 22.3 Å². The monoisotopic (exact) mass is 679 g/mol. The number of benzene rings is 8. The van der Waals surface area contributed by atoms with Crippen LogP contribution in [0.3, 0.4) is 0 Å². The molecule has 0 saturated carbocycles. The molecule has 1 aliphatic carbocycles. The zero-order valence-corrected chi connectivity index (χ0v) is 29.5. The molecule has 2 heteroatoms. The van der Waals surface area contributed by atoms with E-state index in [9.17, 15) is 0 Å². The molecule has 1 aliphatic rings. The number of nitrogens with zero attached hydrogens (tertiary/aromatic N) is 1. The quantitative estimate of drug-likeness (QED) is 0.174. The van der Waals surface area contributed by atoms with Gasteiger partial charge in [0, 0.05) is 33.4 Å². The first-order chi connectivity index (χ1) is 26.2. The van der Waals surface area contributed by atoms with E-state index in [1.165, 1.54) is 66.0 Å². The van der Waals surface area contributed by atoms with Gasteiger partial charge in [0.05, 0.1) is 0 Å². The van der Waals surface area contributed by atoms with Crippen LogP contribution >= 0.6 is 0 Å². The molecular formula is C51H37NO. The molecule has 0 spiro atoms. The third-order valence-electron chi connectivity index (χ3n) is 10.8. The number of para-hydroxylation sites is 1. The lowest BCUT2D eigenvalue weighted by Crippen LogP contribution is -2.20. The van der Waals surface area contributed by atoms with Crippen LogP contribution in [0, 0.1) is 5.92 Å². The summed E-state index contributed by atoms with van der Waals surface area (Å²) in [5.74, 6) is 0.458. The van der Waals surface area contributed by atoms with Crippen molar-refractivity contribution >= 4 is 60.4 Å². The highest BCUT2D eigenvalue weighted by Crippen LogP contribution is 2.42. The Labute approximate surface area is 309 Å². The third kappa shape index (κ3) is 5.60. The molecule has 10 rings (SSSR count). The smallest absolute Gasteiger partial charge is 0.136 e. The van der Waals surface area contributed by atoms with Crippen LogP contribution in [0.15, 0.2) is 198 Å². The summed E-state index contributed by atoms with van der Waals surface area (Å²) in [7, 11) is 0. The van der Waals surface area contributed by atoms with Crippen molar-refractivity contribution in [1.82, 2.24) is 0 Å². The third-order valence-corrected chi connectivity index (χ3v) is 10.8. The van der Waals surface area contributed by atoms with Gasteiger partial charge in [-0.05, 0) is 110 Å². The summed E-state index contributed by atoms with van der Waals surface area (Å²) in [6, 6.07) is 63.6. The number of allylic oxidation sites excluding steroid dienone is 3. The van der Waals surface area contributed by atoms with Gasteiger partial charge in [0.25, 0.3) is 0 Å². The van der Waals surface area contributed by atoms with E-state index in [0.717, 1.165) is 34.3 Å². The SMILES string of the molecule is CC1C=C(c2ccccc2)C(N(c2ccc(-c3ccc4ccccc4c3)cc2)c2ccc(-c3ccc4ccc5oc6ccccc6c5c4c3)cc2)=CC1. The van der Waals surface area contributed by atoms with Crippen molar-refractivity contribution in [3.05, 3.63) is 199 Å². The predicted octanol–water partition coefficient (Wildman–Crippen LogP) is 14.4. The molecule has 1 atom stereocenters. The van der Waals surface area contributed by atoms with Crippen LogP contribution in [-0.4, -0.2) is 0 Å². The first kappa shape index (κ1) is 31.1. The summed E-state index contributed by atoms with van der Waals surface area (Å²) in [6.45, 7) is 2.30. The van der Waals surface area contributed by atoms with E-state index in [-0.39, 0.29) is 0 Å². The number of anilines is 2. The van der Waals surface area contributed by atoms with Crippen molar-refractivity contribution in [1.29, 1.82) is 0 Å². The Hall–Kier alpha value is -6.64. The average Bonchev–Trinajstić information content (AvgIpc) is 3.61. The lowest BCUT2D eigenvalue weighted by Gasteiger charge is -2.32. The molecule has 0 N–H and O–H groups in total. The maximum Gasteiger partial charge on any atom is 0.136 e. The van der Waals surface area contributed by atoms with Crippen LogP contribution in [0.5, 0.6) is 0 Å². The first-order valence-corrected chi connectivity index (χ1v) is 18.5. The van der Waals surface area contributed by atoms with Crippen molar-refractivity contribution in [2.45, 2.75) is 13.3 Å². The van der Waals surface area contributed by atoms with E-state index in [0.29, 0.717) is 5.92 Å². The van der Waals surface area contributed by atoms with Crippen molar-refractivity contribution < 1.29 is 4.42 Å². The lowest BCUT2D eigenvalue weighted by molar-refractivity contribution is 0.669. The fraction of sp³-hybridized carbons (Fsp3) is 0.0588. The second kappa shape index (κ2) is 12.8. The molecule has 53 heavy (non-hydrogen) atoms. The number of hydrogen-bond donors (Lipinski definition) is 0. The minimum absolute atomic E-state index is 0.458. The van der Waals surface area contributed by atoms with E-state index in [2.05, 4.69) is 188 Å². The summed E-state index contributed by atoms with van der Waals surface area (Å²) in [5, 5.41) is 7.26. The van der Waals surface area contributed by atoms with Crippen LogP contribution in [-0.2, 0) is 0 Å². The number of furan rings is 1. The molecule has 1 aromatic heterocycles. The highest BCUT2D eigenvalue weighted by molar-refractivity contribution is 6.19. The van der Waals surface area contributed by atoms with Gasteiger partial charge < -0.3 is 9.32 Å². The summed E-state index contributed by atoms with van der Waals surface area (Å²) >= 11 is 0. The molecule has 0 aliphatic heterocycles. The van der Waals surface area contributed by atoms with Gasteiger partial charge in [0.2, 0.25) is 0 Å². The number of hydrogen-bond acceptors (Lipinski definition) is 2. The van der Waals surface area contributed by atoms with Gasteiger partial charge in [-0.1, -0.05) is 146 Å². The number of fused-ring (bicyclic) bond motifs is 6. The Morgan fingerprint density at radius 3 is 1.83 bits per heavy atom. The second-order valence-corrected chi connectivity index (χ2v) is 14.2. The normalized spacial score (nSPS) is 14.5. The van der Waals surface area contributed by atoms with Gasteiger partial charge in [-0.3, -0.25) is 0 Å². The molecule has 1 heterocycles. The van der Waals surface area contributed by atoms with E-state index in [4.69, 9.17) is 4.42 Å². The van der Waals surface area contributed by atoms with E-state index >= 15 is 0 Å². The Bertz CT molecular complexity index is 2860. The van der Waals surface area contributed by atoms with Gasteiger partial charge in [-0.15, -0.1) is 0 Å². The zero-order valence-electron chi connectivity index (χ0n) is 29.5. The zero-order chi connectivity index (χ0) is 35.3. The van der Waals surface area contributed by atoms with Crippen molar-refractivity contribution in [3.63, 3.8) is 0 Å². The number of rotatable bonds is 6. The Morgan fingerprint density at radius 2 is 1.08 bits per heavy atom. The van der Waals surface area contributed by atoms with Crippen LogP contribution in [0.25, 0.3) is 71.3 Å². The van der Waals surface area contributed by atoms with E-state index in [1.807, 2.05) is 12.1 Å². The molecule has 1 unspecified atom stereocenters. The van der Waals surface area contributed by atoms with Gasteiger partial charge in [-0.25, -0.2) is 0 Å². The van der Waals surface area contributed by atoms with Crippen molar-refractivity contribution in [2.24, 2.45) is 5.92 Å².